The second kappa shape index (κ2) is 7.36. The summed E-state index contributed by atoms with van der Waals surface area (Å²) >= 11 is 0. The largest absolute Gasteiger partial charge is 0.445 e. The number of rotatable bonds is 6. The van der Waals surface area contributed by atoms with Gasteiger partial charge in [0.1, 0.15) is 12.8 Å². The molecule has 1 rings (SSSR count). The summed E-state index contributed by atoms with van der Waals surface area (Å²) in [6.45, 7) is 7.95. The highest BCUT2D eigenvalue weighted by Gasteiger charge is 2.43. The van der Waals surface area contributed by atoms with E-state index in [4.69, 9.17) is 9.47 Å². The number of alkyl carbamates (subject to hydrolysis) is 1. The lowest BCUT2D eigenvalue weighted by atomic mass is 10.1. The molecule has 0 bridgehead atoms. The van der Waals surface area contributed by atoms with Gasteiger partial charge in [-0.1, -0.05) is 26.5 Å². The van der Waals surface area contributed by atoms with E-state index < -0.39 is 18.3 Å². The molecule has 0 aromatic heterocycles. The lowest BCUT2D eigenvalue weighted by Crippen LogP contribution is -2.46. The molecule has 0 aromatic carbocycles. The Morgan fingerprint density at radius 1 is 1.61 bits per heavy atom. The highest BCUT2D eigenvalue weighted by atomic mass is 19.1. The fourth-order valence-corrected chi connectivity index (χ4v) is 2.13. The minimum absolute atomic E-state index is 0.114. The number of carbonyl (C=O) groups is 1. The van der Waals surface area contributed by atoms with Crippen LogP contribution in [0.1, 0.15) is 26.7 Å². The molecule has 1 amide bonds. The highest BCUT2D eigenvalue weighted by Crippen LogP contribution is 2.31. The third kappa shape index (κ3) is 3.98. The van der Waals surface area contributed by atoms with Gasteiger partial charge in [-0.3, -0.25) is 0 Å². The Morgan fingerprint density at radius 3 is 2.94 bits per heavy atom. The first kappa shape index (κ1) is 15.0. The van der Waals surface area contributed by atoms with Crippen LogP contribution in [0, 0.1) is 5.92 Å². The summed E-state index contributed by atoms with van der Waals surface area (Å²) in [4.78, 5) is 11.4. The topological polar surface area (TPSA) is 47.6 Å². The van der Waals surface area contributed by atoms with Crippen molar-refractivity contribution in [3.8, 4) is 0 Å². The van der Waals surface area contributed by atoms with Gasteiger partial charge in [-0.2, -0.15) is 0 Å². The van der Waals surface area contributed by atoms with Gasteiger partial charge in [-0.05, 0) is 18.8 Å². The Morgan fingerprint density at radius 2 is 2.33 bits per heavy atom. The molecule has 0 aliphatic heterocycles. The standard InChI is InChI=1S/C13H22FNO3/c1-4-6-17-10-8-9(3)11(14)12(10)15-13(16)18-7-5-2/h5,9-12H,2,4,6-8H2,1,3H3,(H,15,16)/t9-,10-,11?,12?/m1/s1. The summed E-state index contributed by atoms with van der Waals surface area (Å²) < 4.78 is 24.4. The molecule has 1 N–H and O–H groups in total. The molecule has 4 atom stereocenters. The Labute approximate surface area is 108 Å². The zero-order valence-corrected chi connectivity index (χ0v) is 11.0. The predicted molar refractivity (Wildman–Crippen MR) is 67.2 cm³/mol. The molecular formula is C13H22FNO3. The maximum Gasteiger partial charge on any atom is 0.407 e. The molecule has 18 heavy (non-hydrogen) atoms. The van der Waals surface area contributed by atoms with E-state index in [0.717, 1.165) is 6.42 Å². The van der Waals surface area contributed by atoms with Gasteiger partial charge in [0.05, 0.1) is 12.1 Å². The first-order chi connectivity index (χ1) is 8.60. The van der Waals surface area contributed by atoms with Crippen molar-refractivity contribution in [2.75, 3.05) is 13.2 Å². The van der Waals surface area contributed by atoms with E-state index in [0.29, 0.717) is 13.0 Å². The fraction of sp³-hybridized carbons (Fsp3) is 0.769. The van der Waals surface area contributed by atoms with Gasteiger partial charge in [0.15, 0.2) is 0 Å². The average Bonchev–Trinajstić information content (AvgIpc) is 2.61. The Bertz CT molecular complexity index is 285. The number of hydrogen-bond acceptors (Lipinski definition) is 3. The molecule has 0 spiro atoms. The number of carbonyl (C=O) groups excluding carboxylic acids is 1. The molecule has 0 aromatic rings. The van der Waals surface area contributed by atoms with Crippen molar-refractivity contribution < 1.29 is 18.7 Å². The van der Waals surface area contributed by atoms with Crippen molar-refractivity contribution in [2.45, 2.75) is 45.0 Å². The number of nitrogens with one attached hydrogen (secondary N) is 1. The van der Waals surface area contributed by atoms with Crippen molar-refractivity contribution in [3.05, 3.63) is 12.7 Å². The molecule has 5 heteroatoms. The van der Waals surface area contributed by atoms with E-state index in [1.807, 2.05) is 13.8 Å². The zero-order chi connectivity index (χ0) is 13.5. The fourth-order valence-electron chi connectivity index (χ4n) is 2.13. The van der Waals surface area contributed by atoms with Crippen LogP contribution in [0.2, 0.25) is 0 Å². The Hall–Kier alpha value is -1.10. The third-order valence-corrected chi connectivity index (χ3v) is 3.04. The van der Waals surface area contributed by atoms with Crippen LogP contribution >= 0.6 is 0 Å². The van der Waals surface area contributed by atoms with Gasteiger partial charge in [0.2, 0.25) is 0 Å². The van der Waals surface area contributed by atoms with Crippen LogP contribution in [0.4, 0.5) is 9.18 Å². The summed E-state index contributed by atoms with van der Waals surface area (Å²) in [5, 5.41) is 2.54. The third-order valence-electron chi connectivity index (χ3n) is 3.04. The molecule has 1 aliphatic rings. The number of ether oxygens (including phenoxy) is 2. The Kier molecular flexibility index (Phi) is 6.12. The molecular weight excluding hydrogens is 237 g/mol. The van der Waals surface area contributed by atoms with Gasteiger partial charge >= 0.3 is 6.09 Å². The quantitative estimate of drug-likeness (QED) is 0.745. The van der Waals surface area contributed by atoms with Crippen LogP contribution < -0.4 is 5.32 Å². The van der Waals surface area contributed by atoms with Gasteiger partial charge in [0.25, 0.3) is 0 Å². The van der Waals surface area contributed by atoms with E-state index in [1.54, 1.807) is 0 Å². The predicted octanol–water partition coefficient (Wildman–Crippen LogP) is 2.44. The number of hydrogen-bond donors (Lipinski definition) is 1. The summed E-state index contributed by atoms with van der Waals surface area (Å²) in [5.74, 6) is -0.114. The van der Waals surface area contributed by atoms with Crippen LogP contribution in [-0.2, 0) is 9.47 Å². The monoisotopic (exact) mass is 259 g/mol. The molecule has 0 radical (unpaired) electrons. The first-order valence-corrected chi connectivity index (χ1v) is 6.40. The number of halogens is 1. The van der Waals surface area contributed by atoms with E-state index in [2.05, 4.69) is 11.9 Å². The molecule has 104 valence electrons. The molecule has 1 saturated carbocycles. The van der Waals surface area contributed by atoms with Crippen molar-refractivity contribution in [3.63, 3.8) is 0 Å². The lowest BCUT2D eigenvalue weighted by molar-refractivity contribution is 0.0305. The normalized spacial score (nSPS) is 31.1. The highest BCUT2D eigenvalue weighted by molar-refractivity contribution is 5.68. The minimum atomic E-state index is -1.09. The van der Waals surface area contributed by atoms with E-state index in [-0.39, 0.29) is 18.6 Å². The molecule has 0 heterocycles. The molecule has 0 saturated heterocycles. The maximum atomic E-state index is 14.0. The van der Waals surface area contributed by atoms with Crippen LogP contribution in [0.15, 0.2) is 12.7 Å². The summed E-state index contributed by atoms with van der Waals surface area (Å²) in [5.41, 5.74) is 0. The molecule has 1 aliphatic carbocycles. The van der Waals surface area contributed by atoms with E-state index >= 15 is 0 Å². The van der Waals surface area contributed by atoms with Crippen molar-refractivity contribution in [1.82, 2.24) is 5.32 Å². The van der Waals surface area contributed by atoms with Crippen molar-refractivity contribution >= 4 is 6.09 Å². The second-order valence-corrected chi connectivity index (χ2v) is 4.62. The van der Waals surface area contributed by atoms with Gasteiger partial charge < -0.3 is 14.8 Å². The zero-order valence-electron chi connectivity index (χ0n) is 11.0. The lowest BCUT2D eigenvalue weighted by Gasteiger charge is -2.22. The van der Waals surface area contributed by atoms with Crippen molar-refractivity contribution in [1.29, 1.82) is 0 Å². The van der Waals surface area contributed by atoms with Crippen molar-refractivity contribution in [2.24, 2.45) is 5.92 Å². The summed E-state index contributed by atoms with van der Waals surface area (Å²) in [7, 11) is 0. The van der Waals surface area contributed by atoms with Crippen LogP contribution in [-0.4, -0.2) is 37.6 Å². The summed E-state index contributed by atoms with van der Waals surface area (Å²) in [6, 6.07) is -0.621. The Balaban J connectivity index is 2.52. The van der Waals surface area contributed by atoms with Gasteiger partial charge in [0, 0.05) is 6.61 Å². The summed E-state index contributed by atoms with van der Waals surface area (Å²) in [6.07, 6.45) is 0.967. The number of alkyl halides is 1. The van der Waals surface area contributed by atoms with E-state index in [1.165, 1.54) is 6.08 Å². The van der Waals surface area contributed by atoms with Gasteiger partial charge in [-0.15, -0.1) is 0 Å². The molecule has 1 fully saturated rings. The minimum Gasteiger partial charge on any atom is -0.445 e. The molecule has 4 nitrogen and oxygen atoms in total. The van der Waals surface area contributed by atoms with Crippen LogP contribution in [0.25, 0.3) is 0 Å². The van der Waals surface area contributed by atoms with Gasteiger partial charge in [-0.25, -0.2) is 9.18 Å². The van der Waals surface area contributed by atoms with E-state index in [9.17, 15) is 9.18 Å². The second-order valence-electron chi connectivity index (χ2n) is 4.62. The smallest absolute Gasteiger partial charge is 0.407 e. The average molecular weight is 259 g/mol. The van der Waals surface area contributed by atoms with Crippen LogP contribution in [0.3, 0.4) is 0 Å². The molecule has 2 unspecified atom stereocenters. The van der Waals surface area contributed by atoms with Crippen LogP contribution in [0.5, 0.6) is 0 Å². The number of amides is 1. The first-order valence-electron chi connectivity index (χ1n) is 6.40. The SMILES string of the molecule is C=CCOC(=O)NC1C(F)[C@H](C)C[C@H]1OCCC. The maximum absolute atomic E-state index is 14.0.